The second-order valence-corrected chi connectivity index (χ2v) is 7.89. The van der Waals surface area contributed by atoms with Crippen LogP contribution in [0.4, 0.5) is 11.4 Å². The van der Waals surface area contributed by atoms with Crippen LogP contribution in [-0.4, -0.2) is 17.9 Å². The van der Waals surface area contributed by atoms with Crippen molar-refractivity contribution in [2.24, 2.45) is 0 Å². The van der Waals surface area contributed by atoms with Crippen LogP contribution in [0.5, 0.6) is 0 Å². The lowest BCUT2D eigenvalue weighted by Gasteiger charge is -2.43. The third-order valence-corrected chi connectivity index (χ3v) is 5.86. The Hall–Kier alpha value is -3.66. The van der Waals surface area contributed by atoms with Gasteiger partial charge in [0.25, 0.3) is 5.91 Å². The fourth-order valence-corrected chi connectivity index (χ4v) is 4.43. The summed E-state index contributed by atoms with van der Waals surface area (Å²) >= 11 is 0. The van der Waals surface area contributed by atoms with Gasteiger partial charge in [-0.3, -0.25) is 9.59 Å². The van der Waals surface area contributed by atoms with Gasteiger partial charge in [-0.2, -0.15) is 0 Å². The molecule has 3 aromatic carbocycles. The highest BCUT2D eigenvalue weighted by molar-refractivity contribution is 6.07. The molecule has 1 aliphatic heterocycles. The van der Waals surface area contributed by atoms with Gasteiger partial charge in [0.05, 0.1) is 6.04 Å². The molecule has 1 aliphatic rings. The molecule has 0 saturated heterocycles. The maximum atomic E-state index is 13.8. The third-order valence-electron chi connectivity index (χ3n) is 5.86. The predicted octanol–water partition coefficient (Wildman–Crippen LogP) is 5.86. The predicted molar refractivity (Wildman–Crippen MR) is 126 cm³/mol. The average molecular weight is 411 g/mol. The Morgan fingerprint density at radius 3 is 2.26 bits per heavy atom. The Morgan fingerprint density at radius 2 is 1.61 bits per heavy atom. The largest absolute Gasteiger partial charge is 0.309 e. The van der Waals surface area contributed by atoms with Gasteiger partial charge >= 0.3 is 0 Å². The van der Waals surface area contributed by atoms with Gasteiger partial charge < -0.3 is 9.80 Å². The van der Waals surface area contributed by atoms with E-state index in [0.29, 0.717) is 12.0 Å². The van der Waals surface area contributed by atoms with E-state index in [2.05, 4.69) is 6.58 Å². The Kier molecular flexibility index (Phi) is 5.72. The molecule has 2 unspecified atom stereocenters. The normalized spacial score (nSPS) is 17.5. The number of benzene rings is 3. The van der Waals surface area contributed by atoms with Crippen molar-refractivity contribution in [3.63, 3.8) is 0 Å². The number of rotatable bonds is 4. The zero-order valence-electron chi connectivity index (χ0n) is 17.9. The first-order chi connectivity index (χ1) is 15.0. The molecule has 156 valence electrons. The summed E-state index contributed by atoms with van der Waals surface area (Å²) in [5.74, 6) is -0.0545. The van der Waals surface area contributed by atoms with Crippen molar-refractivity contribution in [1.29, 1.82) is 0 Å². The average Bonchev–Trinajstić information content (AvgIpc) is 2.79. The molecule has 3 aromatic rings. The molecule has 0 saturated carbocycles. The summed E-state index contributed by atoms with van der Waals surface area (Å²) in [5.41, 5.74) is 4.28. The lowest BCUT2D eigenvalue weighted by Crippen LogP contribution is -2.47. The van der Waals surface area contributed by atoms with Crippen LogP contribution in [0.2, 0.25) is 0 Å². The molecule has 2 amide bonds. The van der Waals surface area contributed by atoms with Crippen molar-refractivity contribution in [1.82, 2.24) is 0 Å². The molecule has 0 N–H and O–H groups in total. The van der Waals surface area contributed by atoms with Crippen molar-refractivity contribution < 1.29 is 9.59 Å². The molecule has 0 aliphatic carbocycles. The maximum Gasteiger partial charge on any atom is 0.258 e. The minimum Gasteiger partial charge on any atom is -0.309 e. The number of para-hydroxylation sites is 2. The SMILES string of the molecule is C=Cc1ccc(C(=O)N(c2ccccc2)C2CC(C)N(C(C)=O)c3ccccc32)cc1. The molecule has 4 nitrogen and oxygen atoms in total. The quantitative estimate of drug-likeness (QED) is 0.540. The van der Waals surface area contributed by atoms with Gasteiger partial charge in [-0.05, 0) is 54.8 Å². The van der Waals surface area contributed by atoms with Crippen LogP contribution in [0.3, 0.4) is 0 Å². The number of hydrogen-bond donors (Lipinski definition) is 0. The molecule has 1 heterocycles. The number of amides is 2. The van der Waals surface area contributed by atoms with Gasteiger partial charge in [0, 0.05) is 29.9 Å². The van der Waals surface area contributed by atoms with Gasteiger partial charge in [0.2, 0.25) is 5.91 Å². The van der Waals surface area contributed by atoms with Crippen LogP contribution in [0, 0.1) is 0 Å². The summed E-state index contributed by atoms with van der Waals surface area (Å²) in [7, 11) is 0. The number of carbonyl (C=O) groups is 2. The monoisotopic (exact) mass is 410 g/mol. The Labute approximate surface area is 183 Å². The van der Waals surface area contributed by atoms with E-state index >= 15 is 0 Å². The molecule has 4 heteroatoms. The fraction of sp³-hybridized carbons (Fsp3) is 0.185. The van der Waals surface area contributed by atoms with Crippen LogP contribution in [0.1, 0.15) is 47.8 Å². The van der Waals surface area contributed by atoms with E-state index < -0.39 is 0 Å². The van der Waals surface area contributed by atoms with Crippen molar-refractivity contribution in [3.8, 4) is 0 Å². The Balaban J connectivity index is 1.84. The van der Waals surface area contributed by atoms with E-state index in [4.69, 9.17) is 0 Å². The number of nitrogens with zero attached hydrogens (tertiary/aromatic N) is 2. The highest BCUT2D eigenvalue weighted by Crippen LogP contribution is 2.42. The first kappa shape index (κ1) is 20.6. The number of anilines is 2. The van der Waals surface area contributed by atoms with Gasteiger partial charge in [0.1, 0.15) is 0 Å². The van der Waals surface area contributed by atoms with E-state index in [1.807, 2.05) is 95.6 Å². The van der Waals surface area contributed by atoms with E-state index in [-0.39, 0.29) is 23.9 Å². The van der Waals surface area contributed by atoms with Gasteiger partial charge in [0.15, 0.2) is 0 Å². The second kappa shape index (κ2) is 8.60. The molecular formula is C27H26N2O2. The molecule has 0 radical (unpaired) electrons. The summed E-state index contributed by atoms with van der Waals surface area (Å²) in [4.78, 5) is 29.9. The van der Waals surface area contributed by atoms with Crippen LogP contribution in [-0.2, 0) is 4.79 Å². The van der Waals surface area contributed by atoms with E-state index in [9.17, 15) is 9.59 Å². The van der Waals surface area contributed by atoms with Crippen molar-refractivity contribution in [3.05, 3.63) is 102 Å². The molecule has 0 aromatic heterocycles. The molecule has 4 rings (SSSR count). The maximum absolute atomic E-state index is 13.8. The number of hydrogen-bond acceptors (Lipinski definition) is 2. The standard InChI is InChI=1S/C27H26N2O2/c1-4-21-14-16-22(17-15-21)27(31)29(23-10-6-5-7-11-23)26-18-19(2)28(20(3)30)25-13-9-8-12-24(25)26/h4-17,19,26H,1,18H2,2-3H3. The van der Waals surface area contributed by atoms with E-state index in [1.54, 1.807) is 13.0 Å². The van der Waals surface area contributed by atoms with Crippen LogP contribution in [0.25, 0.3) is 6.08 Å². The van der Waals surface area contributed by atoms with Crippen molar-refractivity contribution in [2.75, 3.05) is 9.80 Å². The molecule has 31 heavy (non-hydrogen) atoms. The van der Waals surface area contributed by atoms with E-state index in [1.165, 1.54) is 0 Å². The minimum absolute atomic E-state index is 0.0102. The van der Waals surface area contributed by atoms with Crippen molar-refractivity contribution in [2.45, 2.75) is 32.4 Å². The summed E-state index contributed by atoms with van der Waals surface area (Å²) in [6.45, 7) is 7.42. The Bertz CT molecular complexity index is 1110. The minimum atomic E-state index is -0.184. The zero-order valence-corrected chi connectivity index (χ0v) is 17.9. The van der Waals surface area contributed by atoms with Gasteiger partial charge in [-0.15, -0.1) is 0 Å². The first-order valence-corrected chi connectivity index (χ1v) is 10.5. The van der Waals surface area contributed by atoms with Crippen molar-refractivity contribution >= 4 is 29.3 Å². The first-order valence-electron chi connectivity index (χ1n) is 10.5. The third kappa shape index (κ3) is 3.89. The topological polar surface area (TPSA) is 40.6 Å². The molecule has 0 bridgehead atoms. The summed E-state index contributed by atoms with van der Waals surface area (Å²) in [5, 5.41) is 0. The van der Waals surface area contributed by atoms with Gasteiger partial charge in [-0.1, -0.05) is 61.2 Å². The van der Waals surface area contributed by atoms with Crippen LogP contribution >= 0.6 is 0 Å². The molecule has 0 spiro atoms. The number of carbonyl (C=O) groups excluding carboxylic acids is 2. The molecule has 0 fully saturated rings. The zero-order chi connectivity index (χ0) is 22.0. The fourth-order valence-electron chi connectivity index (χ4n) is 4.43. The molecule has 2 atom stereocenters. The smallest absolute Gasteiger partial charge is 0.258 e. The summed E-state index contributed by atoms with van der Waals surface area (Å²) in [6, 6.07) is 24.9. The van der Waals surface area contributed by atoms with Crippen LogP contribution < -0.4 is 9.80 Å². The molecular weight excluding hydrogens is 384 g/mol. The Morgan fingerprint density at radius 1 is 0.968 bits per heavy atom. The second-order valence-electron chi connectivity index (χ2n) is 7.89. The van der Waals surface area contributed by atoms with E-state index in [0.717, 1.165) is 22.5 Å². The number of fused-ring (bicyclic) bond motifs is 1. The summed E-state index contributed by atoms with van der Waals surface area (Å²) in [6.07, 6.45) is 2.42. The van der Waals surface area contributed by atoms with Gasteiger partial charge in [-0.25, -0.2) is 0 Å². The van der Waals surface area contributed by atoms with Crippen LogP contribution in [0.15, 0.2) is 85.4 Å². The lowest BCUT2D eigenvalue weighted by atomic mass is 9.89. The summed E-state index contributed by atoms with van der Waals surface area (Å²) < 4.78 is 0. The highest BCUT2D eigenvalue weighted by Gasteiger charge is 2.37. The highest BCUT2D eigenvalue weighted by atomic mass is 16.2. The lowest BCUT2D eigenvalue weighted by molar-refractivity contribution is -0.117.